The van der Waals surface area contributed by atoms with Crippen LogP contribution in [0.4, 0.5) is 13.2 Å². The molecule has 0 bridgehead atoms. The lowest BCUT2D eigenvalue weighted by Gasteiger charge is -2.29. The second-order valence-electron chi connectivity index (χ2n) is 9.18. The molecular weight excluding hydrogens is 449 g/mol. The number of thiophene rings is 1. The number of hydrazine groups is 1. The predicted molar refractivity (Wildman–Crippen MR) is 124 cm³/mol. The van der Waals surface area contributed by atoms with Crippen molar-refractivity contribution in [3.63, 3.8) is 0 Å². The number of rotatable bonds is 5. The van der Waals surface area contributed by atoms with E-state index in [1.54, 1.807) is 0 Å². The molecule has 2 aromatic carbocycles. The van der Waals surface area contributed by atoms with E-state index in [0.29, 0.717) is 22.4 Å². The summed E-state index contributed by atoms with van der Waals surface area (Å²) in [6.07, 6.45) is -1.82. The van der Waals surface area contributed by atoms with Gasteiger partial charge in [0.25, 0.3) is 0 Å². The van der Waals surface area contributed by atoms with E-state index in [-0.39, 0.29) is 12.0 Å². The van der Waals surface area contributed by atoms with Crippen LogP contribution in [0.3, 0.4) is 0 Å². The summed E-state index contributed by atoms with van der Waals surface area (Å²) in [6, 6.07) is 10.5. The number of aromatic carboxylic acids is 1. The van der Waals surface area contributed by atoms with Gasteiger partial charge >= 0.3 is 12.1 Å². The Kier molecular flexibility index (Phi) is 6.11. The van der Waals surface area contributed by atoms with Crippen molar-refractivity contribution in [1.82, 2.24) is 5.43 Å². The molecule has 1 aliphatic rings. The molecule has 1 aromatic heterocycles. The van der Waals surface area contributed by atoms with Gasteiger partial charge in [-0.05, 0) is 70.7 Å². The summed E-state index contributed by atoms with van der Waals surface area (Å²) in [5.41, 5.74) is 6.17. The van der Waals surface area contributed by atoms with Crippen molar-refractivity contribution < 1.29 is 23.1 Å². The summed E-state index contributed by atoms with van der Waals surface area (Å²) < 4.78 is 38.7. The maximum atomic E-state index is 12.9. The highest BCUT2D eigenvalue weighted by Crippen LogP contribution is 2.46. The summed E-state index contributed by atoms with van der Waals surface area (Å²) in [7, 11) is 0. The van der Waals surface area contributed by atoms with Gasteiger partial charge < -0.3 is 5.11 Å². The fourth-order valence-electron chi connectivity index (χ4n) is 4.44. The van der Waals surface area contributed by atoms with Crippen LogP contribution in [0.2, 0.25) is 0 Å². The number of carboxylic acid groups (broad SMARTS) is 1. The first kappa shape index (κ1) is 23.5. The quantitative estimate of drug-likeness (QED) is 0.301. The Hall–Kier alpha value is -2.68. The summed E-state index contributed by atoms with van der Waals surface area (Å²) in [4.78, 5) is 14.1. The Balaban J connectivity index is 1.80. The van der Waals surface area contributed by atoms with Crippen LogP contribution >= 0.6 is 11.3 Å². The molecule has 0 spiro atoms. The number of alkyl halides is 3. The van der Waals surface area contributed by atoms with E-state index in [1.165, 1.54) is 23.5 Å². The van der Waals surface area contributed by atoms with Crippen LogP contribution in [0.15, 0.2) is 42.5 Å². The zero-order chi connectivity index (χ0) is 24.0. The average Bonchev–Trinajstić information content (AvgIpc) is 3.11. The lowest BCUT2D eigenvalue weighted by atomic mass is 9.76. The van der Waals surface area contributed by atoms with Crippen LogP contribution in [0.25, 0.3) is 21.6 Å². The standard InChI is InChI=1S/C25H25F3N2O2S/c1-24(2)10-9-20-19(12-24)21(23(31)32)22(33-20)18-8-5-15(11-16(18)13-30-29)14-3-6-17(7-4-14)25(26,27)28/h3-8,11,30H,9-10,12-13,29H2,1-2H3,(H,31,32). The van der Waals surface area contributed by atoms with Gasteiger partial charge in [-0.3, -0.25) is 11.3 Å². The second kappa shape index (κ2) is 8.59. The van der Waals surface area contributed by atoms with E-state index in [2.05, 4.69) is 19.3 Å². The molecule has 4 nitrogen and oxygen atoms in total. The third-order valence-electron chi connectivity index (χ3n) is 6.18. The molecule has 0 aliphatic heterocycles. The number of hydrogen-bond donors (Lipinski definition) is 3. The number of nitrogens with one attached hydrogen (secondary N) is 1. The van der Waals surface area contributed by atoms with Gasteiger partial charge in [0.05, 0.1) is 11.1 Å². The second-order valence-corrected chi connectivity index (χ2v) is 10.3. The van der Waals surface area contributed by atoms with Crippen LogP contribution in [0, 0.1) is 5.41 Å². The summed E-state index contributed by atoms with van der Waals surface area (Å²) in [5.74, 6) is 4.66. The lowest BCUT2D eigenvalue weighted by Crippen LogP contribution is -2.22. The highest BCUT2D eigenvalue weighted by Gasteiger charge is 2.33. The molecule has 0 unspecified atom stereocenters. The molecule has 0 fully saturated rings. The monoisotopic (exact) mass is 474 g/mol. The molecule has 0 amide bonds. The van der Waals surface area contributed by atoms with E-state index >= 15 is 0 Å². The van der Waals surface area contributed by atoms with Gasteiger partial charge in [-0.1, -0.05) is 38.1 Å². The first-order valence-electron chi connectivity index (χ1n) is 10.6. The normalized spacial score (nSPS) is 15.3. The van der Waals surface area contributed by atoms with Crippen molar-refractivity contribution in [2.75, 3.05) is 0 Å². The smallest absolute Gasteiger partial charge is 0.416 e. The SMILES string of the molecule is CC1(C)CCc2sc(-c3ccc(-c4ccc(C(F)(F)F)cc4)cc3CNN)c(C(=O)O)c2C1. The summed E-state index contributed by atoms with van der Waals surface area (Å²) in [5, 5.41) is 10.1. The van der Waals surface area contributed by atoms with Gasteiger partial charge in [-0.2, -0.15) is 13.2 Å². The molecule has 1 heterocycles. The molecule has 174 valence electrons. The molecule has 0 saturated carbocycles. The van der Waals surface area contributed by atoms with Crippen LogP contribution in [-0.4, -0.2) is 11.1 Å². The Morgan fingerprint density at radius 1 is 1.15 bits per heavy atom. The predicted octanol–water partition coefficient (Wildman–Crippen LogP) is 6.28. The minimum atomic E-state index is -4.39. The molecule has 0 radical (unpaired) electrons. The fraction of sp³-hybridized carbons (Fsp3) is 0.320. The van der Waals surface area contributed by atoms with E-state index in [1.807, 2.05) is 18.2 Å². The molecule has 3 aromatic rings. The number of hydrogen-bond acceptors (Lipinski definition) is 4. The Morgan fingerprint density at radius 3 is 2.42 bits per heavy atom. The highest BCUT2D eigenvalue weighted by atomic mass is 32.1. The van der Waals surface area contributed by atoms with Gasteiger partial charge in [0.15, 0.2) is 0 Å². The maximum absolute atomic E-state index is 12.9. The van der Waals surface area contributed by atoms with Crippen molar-refractivity contribution in [1.29, 1.82) is 0 Å². The van der Waals surface area contributed by atoms with E-state index in [0.717, 1.165) is 52.1 Å². The minimum absolute atomic E-state index is 0.0453. The van der Waals surface area contributed by atoms with Gasteiger partial charge in [0, 0.05) is 16.3 Å². The largest absolute Gasteiger partial charge is 0.478 e. The third-order valence-corrected chi connectivity index (χ3v) is 7.50. The van der Waals surface area contributed by atoms with Crippen LogP contribution < -0.4 is 11.3 Å². The molecule has 33 heavy (non-hydrogen) atoms. The molecule has 8 heteroatoms. The number of benzene rings is 2. The Morgan fingerprint density at radius 2 is 1.82 bits per heavy atom. The van der Waals surface area contributed by atoms with E-state index in [4.69, 9.17) is 5.84 Å². The number of carboxylic acids is 1. The first-order valence-corrected chi connectivity index (χ1v) is 11.4. The summed E-state index contributed by atoms with van der Waals surface area (Å²) in [6.45, 7) is 4.60. The van der Waals surface area contributed by atoms with Crippen molar-refractivity contribution in [2.45, 2.75) is 45.8 Å². The zero-order valence-electron chi connectivity index (χ0n) is 18.3. The van der Waals surface area contributed by atoms with Gasteiger partial charge in [0.2, 0.25) is 0 Å². The molecule has 0 atom stereocenters. The van der Waals surface area contributed by atoms with Gasteiger partial charge in [-0.15, -0.1) is 11.3 Å². The van der Waals surface area contributed by atoms with E-state index in [9.17, 15) is 23.1 Å². The number of nitrogens with two attached hydrogens (primary N) is 1. The van der Waals surface area contributed by atoms with Gasteiger partial charge in [0.1, 0.15) is 0 Å². The first-order chi connectivity index (χ1) is 15.5. The number of halogens is 3. The Bertz CT molecular complexity index is 1200. The number of fused-ring (bicyclic) bond motifs is 1. The maximum Gasteiger partial charge on any atom is 0.416 e. The summed E-state index contributed by atoms with van der Waals surface area (Å²) >= 11 is 1.52. The fourth-order valence-corrected chi connectivity index (χ4v) is 5.81. The zero-order valence-corrected chi connectivity index (χ0v) is 19.2. The Labute approximate surface area is 194 Å². The van der Waals surface area contributed by atoms with Gasteiger partial charge in [-0.25, -0.2) is 4.79 Å². The third kappa shape index (κ3) is 4.69. The number of aryl methyl sites for hydroxylation is 1. The minimum Gasteiger partial charge on any atom is -0.478 e. The van der Waals surface area contributed by atoms with Crippen molar-refractivity contribution >= 4 is 17.3 Å². The lowest BCUT2D eigenvalue weighted by molar-refractivity contribution is -0.137. The highest BCUT2D eigenvalue weighted by molar-refractivity contribution is 7.16. The van der Waals surface area contributed by atoms with Crippen LogP contribution in [-0.2, 0) is 25.6 Å². The average molecular weight is 475 g/mol. The molecule has 4 N–H and O–H groups in total. The molecule has 1 aliphatic carbocycles. The van der Waals surface area contributed by atoms with Crippen molar-refractivity contribution in [2.24, 2.45) is 11.3 Å². The number of carbonyl (C=O) groups is 1. The molecule has 4 rings (SSSR count). The molecule has 0 saturated heterocycles. The van der Waals surface area contributed by atoms with E-state index < -0.39 is 17.7 Å². The van der Waals surface area contributed by atoms with Crippen LogP contribution in [0.1, 0.15) is 52.2 Å². The van der Waals surface area contributed by atoms with Crippen molar-refractivity contribution in [3.8, 4) is 21.6 Å². The topological polar surface area (TPSA) is 75.3 Å². The molecular formula is C25H25F3N2O2S. The van der Waals surface area contributed by atoms with Crippen molar-refractivity contribution in [3.05, 3.63) is 69.6 Å². The van der Waals surface area contributed by atoms with Crippen LogP contribution in [0.5, 0.6) is 0 Å².